The van der Waals surface area contributed by atoms with Crippen LogP contribution in [0.25, 0.3) is 0 Å². The van der Waals surface area contributed by atoms with Crippen LogP contribution in [0.15, 0.2) is 0 Å². The first-order chi connectivity index (χ1) is 9.83. The smallest absolute Gasteiger partial charge is 0.207 e. The maximum atomic E-state index is 13.4. The Morgan fingerprint density at radius 2 is 1.29 bits per heavy atom. The summed E-state index contributed by atoms with van der Waals surface area (Å²) >= 11 is 0. The molecule has 0 amide bonds. The minimum atomic E-state index is -2.19. The van der Waals surface area contributed by atoms with Gasteiger partial charge < -0.3 is 10.1 Å². The number of hydrogen-bond donors (Lipinski definition) is 1. The van der Waals surface area contributed by atoms with Crippen molar-refractivity contribution in [2.75, 3.05) is 6.54 Å². The summed E-state index contributed by atoms with van der Waals surface area (Å²) in [6.45, 7) is 5.65. The van der Waals surface area contributed by atoms with Crippen molar-refractivity contribution in [2.24, 2.45) is 0 Å². The number of nitrogens with one attached hydrogen (secondary N) is 1. The first kappa shape index (κ1) is 17.7. The van der Waals surface area contributed by atoms with Gasteiger partial charge in [-0.05, 0) is 19.8 Å². The van der Waals surface area contributed by atoms with Gasteiger partial charge in [0, 0.05) is 12.6 Å². The minimum absolute atomic E-state index is 0.201. The molecule has 21 heavy (non-hydrogen) atoms. The zero-order valence-electron chi connectivity index (χ0n) is 12.1. The van der Waals surface area contributed by atoms with Crippen LogP contribution in [-0.2, 0) is 0 Å². The molecular formula is C14H18F5NO. The Labute approximate surface area is 120 Å². The van der Waals surface area contributed by atoms with Gasteiger partial charge in [0.15, 0.2) is 5.75 Å². The second-order valence-corrected chi connectivity index (χ2v) is 4.75. The summed E-state index contributed by atoms with van der Waals surface area (Å²) in [6, 6.07) is 0.201. The predicted molar refractivity (Wildman–Crippen MR) is 68.7 cm³/mol. The summed E-state index contributed by atoms with van der Waals surface area (Å²) in [6.07, 6.45) is 0.955. The van der Waals surface area contributed by atoms with Crippen LogP contribution < -0.4 is 10.1 Å². The molecule has 1 aromatic rings. The fraction of sp³-hybridized carbons (Fsp3) is 0.571. The summed E-state index contributed by atoms with van der Waals surface area (Å²) in [5.74, 6) is -11.4. The monoisotopic (exact) mass is 311 g/mol. The fourth-order valence-corrected chi connectivity index (χ4v) is 1.84. The van der Waals surface area contributed by atoms with Crippen LogP contribution in [0.2, 0.25) is 0 Å². The quantitative estimate of drug-likeness (QED) is 0.468. The predicted octanol–water partition coefficient (Wildman–Crippen LogP) is 3.93. The van der Waals surface area contributed by atoms with Crippen molar-refractivity contribution in [3.05, 3.63) is 29.1 Å². The summed E-state index contributed by atoms with van der Waals surface area (Å²) in [7, 11) is 0. The minimum Gasteiger partial charge on any atom is -0.483 e. The fourth-order valence-electron chi connectivity index (χ4n) is 1.84. The first-order valence-corrected chi connectivity index (χ1v) is 6.74. The van der Waals surface area contributed by atoms with Crippen molar-refractivity contribution in [3.8, 4) is 5.75 Å². The zero-order chi connectivity index (χ0) is 16.2. The molecule has 0 heterocycles. The summed E-state index contributed by atoms with van der Waals surface area (Å²) < 4.78 is 70.7. The molecule has 1 unspecified atom stereocenters. The van der Waals surface area contributed by atoms with Gasteiger partial charge in [0.2, 0.25) is 29.1 Å². The molecule has 0 bridgehead atoms. The van der Waals surface area contributed by atoms with Crippen LogP contribution >= 0.6 is 0 Å². The normalized spacial score (nSPS) is 12.8. The maximum Gasteiger partial charge on any atom is 0.207 e. The Hall–Kier alpha value is -1.37. The molecular weight excluding hydrogens is 293 g/mol. The van der Waals surface area contributed by atoms with E-state index in [1.54, 1.807) is 0 Å². The van der Waals surface area contributed by atoms with Gasteiger partial charge in [-0.25, -0.2) is 13.2 Å². The standard InChI is InChI=1S/C14H18F5NO/c1-4-8(5-2)20-6-7(3)21-14-12(18)10(16)9(15)11(17)13(14)19/h7-8,20H,4-6H2,1-3H3. The molecule has 1 rings (SSSR count). The number of ether oxygens (including phenoxy) is 1. The molecule has 7 heteroatoms. The van der Waals surface area contributed by atoms with Crippen LogP contribution in [0, 0.1) is 29.1 Å². The summed E-state index contributed by atoms with van der Waals surface area (Å²) in [4.78, 5) is 0. The van der Waals surface area contributed by atoms with Crippen molar-refractivity contribution in [2.45, 2.75) is 45.8 Å². The lowest BCUT2D eigenvalue weighted by Gasteiger charge is -2.20. The van der Waals surface area contributed by atoms with Gasteiger partial charge in [0.25, 0.3) is 0 Å². The van der Waals surface area contributed by atoms with E-state index in [1.807, 2.05) is 13.8 Å². The highest BCUT2D eigenvalue weighted by Gasteiger charge is 2.28. The SMILES string of the molecule is CCC(CC)NCC(C)Oc1c(F)c(F)c(F)c(F)c1F. The lowest BCUT2D eigenvalue weighted by atomic mass is 10.1. The number of rotatable bonds is 7. The van der Waals surface area contributed by atoms with Crippen LogP contribution in [0.3, 0.4) is 0 Å². The van der Waals surface area contributed by atoms with Gasteiger partial charge in [-0.15, -0.1) is 0 Å². The van der Waals surface area contributed by atoms with Crippen molar-refractivity contribution in [1.82, 2.24) is 5.32 Å². The van der Waals surface area contributed by atoms with Crippen LogP contribution in [0.5, 0.6) is 5.75 Å². The van der Waals surface area contributed by atoms with Gasteiger partial charge in [0.05, 0.1) is 0 Å². The van der Waals surface area contributed by atoms with E-state index in [2.05, 4.69) is 5.32 Å². The van der Waals surface area contributed by atoms with Crippen molar-refractivity contribution < 1.29 is 26.7 Å². The Balaban J connectivity index is 2.84. The topological polar surface area (TPSA) is 21.3 Å². The molecule has 0 radical (unpaired) electrons. The third-order valence-electron chi connectivity index (χ3n) is 3.17. The number of benzene rings is 1. The molecule has 2 nitrogen and oxygen atoms in total. The van der Waals surface area contributed by atoms with Crippen LogP contribution in [0.4, 0.5) is 22.0 Å². The van der Waals surface area contributed by atoms with Gasteiger partial charge in [-0.3, -0.25) is 0 Å². The molecule has 120 valence electrons. The molecule has 0 aromatic heterocycles. The largest absolute Gasteiger partial charge is 0.483 e. The lowest BCUT2D eigenvalue weighted by molar-refractivity contribution is 0.184. The molecule has 0 saturated heterocycles. The molecule has 0 spiro atoms. The average molecular weight is 311 g/mol. The van der Waals surface area contributed by atoms with Crippen molar-refractivity contribution in [1.29, 1.82) is 0 Å². The molecule has 0 saturated carbocycles. The van der Waals surface area contributed by atoms with E-state index in [-0.39, 0.29) is 12.6 Å². The highest BCUT2D eigenvalue weighted by molar-refractivity contribution is 5.30. The average Bonchev–Trinajstić information content (AvgIpc) is 2.48. The summed E-state index contributed by atoms with van der Waals surface area (Å²) in [5, 5.41) is 3.09. The Morgan fingerprint density at radius 3 is 1.71 bits per heavy atom. The molecule has 0 aliphatic rings. The molecule has 0 aliphatic heterocycles. The van der Waals surface area contributed by atoms with E-state index < -0.39 is 40.9 Å². The van der Waals surface area contributed by atoms with Gasteiger partial charge in [-0.2, -0.15) is 8.78 Å². The van der Waals surface area contributed by atoms with E-state index in [1.165, 1.54) is 6.92 Å². The van der Waals surface area contributed by atoms with Gasteiger partial charge >= 0.3 is 0 Å². The second-order valence-electron chi connectivity index (χ2n) is 4.75. The van der Waals surface area contributed by atoms with E-state index in [0.717, 1.165) is 12.8 Å². The Bertz CT molecular complexity index is 462. The molecule has 1 aromatic carbocycles. The highest BCUT2D eigenvalue weighted by atomic mass is 19.2. The van der Waals surface area contributed by atoms with E-state index in [0.29, 0.717) is 0 Å². The zero-order valence-corrected chi connectivity index (χ0v) is 12.1. The maximum absolute atomic E-state index is 13.4. The molecule has 1 atom stereocenters. The Morgan fingerprint density at radius 1 is 0.857 bits per heavy atom. The lowest BCUT2D eigenvalue weighted by Crippen LogP contribution is -2.36. The van der Waals surface area contributed by atoms with Crippen molar-refractivity contribution >= 4 is 0 Å². The third-order valence-corrected chi connectivity index (χ3v) is 3.17. The third kappa shape index (κ3) is 4.06. The first-order valence-electron chi connectivity index (χ1n) is 6.74. The van der Waals surface area contributed by atoms with Gasteiger partial charge in [0.1, 0.15) is 6.10 Å². The van der Waals surface area contributed by atoms with Gasteiger partial charge in [-0.1, -0.05) is 13.8 Å². The number of halogens is 5. The highest BCUT2D eigenvalue weighted by Crippen LogP contribution is 2.29. The summed E-state index contributed by atoms with van der Waals surface area (Å²) in [5.41, 5.74) is 0. The van der Waals surface area contributed by atoms with E-state index >= 15 is 0 Å². The van der Waals surface area contributed by atoms with Crippen LogP contribution in [-0.4, -0.2) is 18.7 Å². The van der Waals surface area contributed by atoms with Crippen molar-refractivity contribution in [3.63, 3.8) is 0 Å². The Kier molecular flexibility index (Phi) is 6.39. The number of hydrogen-bond acceptors (Lipinski definition) is 2. The van der Waals surface area contributed by atoms with Crippen LogP contribution in [0.1, 0.15) is 33.6 Å². The van der Waals surface area contributed by atoms with E-state index in [9.17, 15) is 22.0 Å². The molecule has 0 fully saturated rings. The molecule has 0 aliphatic carbocycles. The second kappa shape index (κ2) is 7.59. The molecule has 1 N–H and O–H groups in total. The van der Waals surface area contributed by atoms with E-state index in [4.69, 9.17) is 4.74 Å².